The summed E-state index contributed by atoms with van der Waals surface area (Å²) in [7, 11) is 0. The number of carbonyl (C=O) groups is 1. The number of nitrogens with one attached hydrogen (secondary N) is 1. The molecule has 1 amide bonds. The number of nitrogens with zero attached hydrogens (tertiary/aromatic N) is 3. The molecule has 0 aliphatic rings. The molecule has 0 aromatic carbocycles. The minimum absolute atomic E-state index is 0.0669. The lowest BCUT2D eigenvalue weighted by atomic mass is 10.2. The monoisotopic (exact) mass is 259 g/mol. The SMILES string of the molecule is CC(C)N(Cc1cccnc1)C(=O)c1cc(N)n[nH]1. The van der Waals surface area contributed by atoms with Crippen molar-refractivity contribution in [2.75, 3.05) is 5.73 Å². The van der Waals surface area contributed by atoms with Crippen molar-refractivity contribution >= 4 is 11.7 Å². The molecule has 0 aliphatic heterocycles. The van der Waals surface area contributed by atoms with Crippen molar-refractivity contribution in [1.29, 1.82) is 0 Å². The third kappa shape index (κ3) is 3.09. The molecular formula is C13H17N5O. The Kier molecular flexibility index (Phi) is 3.79. The largest absolute Gasteiger partial charge is 0.382 e. The number of pyridine rings is 1. The summed E-state index contributed by atoms with van der Waals surface area (Å²) in [6, 6.07) is 5.40. The van der Waals surface area contributed by atoms with Gasteiger partial charge in [0.05, 0.1) is 0 Å². The average Bonchev–Trinajstić information content (AvgIpc) is 2.83. The van der Waals surface area contributed by atoms with Crippen molar-refractivity contribution < 1.29 is 4.79 Å². The number of anilines is 1. The van der Waals surface area contributed by atoms with Gasteiger partial charge in [0.2, 0.25) is 0 Å². The van der Waals surface area contributed by atoms with Gasteiger partial charge in [0.25, 0.3) is 5.91 Å². The highest BCUT2D eigenvalue weighted by atomic mass is 16.2. The van der Waals surface area contributed by atoms with Gasteiger partial charge >= 0.3 is 0 Å². The van der Waals surface area contributed by atoms with Gasteiger partial charge in [0.1, 0.15) is 11.5 Å². The molecule has 2 aromatic rings. The van der Waals surface area contributed by atoms with Gasteiger partial charge in [-0.15, -0.1) is 0 Å². The summed E-state index contributed by atoms with van der Waals surface area (Å²) in [5.41, 5.74) is 6.90. The number of carbonyl (C=O) groups excluding carboxylic acids is 1. The minimum atomic E-state index is -0.122. The van der Waals surface area contributed by atoms with E-state index in [-0.39, 0.29) is 11.9 Å². The lowest BCUT2D eigenvalue weighted by molar-refractivity contribution is 0.0684. The number of hydrogen-bond acceptors (Lipinski definition) is 4. The predicted molar refractivity (Wildman–Crippen MR) is 72.2 cm³/mol. The fourth-order valence-corrected chi connectivity index (χ4v) is 1.78. The van der Waals surface area contributed by atoms with Crippen molar-refractivity contribution in [3.8, 4) is 0 Å². The molecule has 0 unspecified atom stereocenters. The zero-order chi connectivity index (χ0) is 13.8. The quantitative estimate of drug-likeness (QED) is 0.869. The first-order chi connectivity index (χ1) is 9.08. The van der Waals surface area contributed by atoms with E-state index in [1.807, 2.05) is 26.0 Å². The van der Waals surface area contributed by atoms with Gasteiger partial charge in [0.15, 0.2) is 0 Å². The van der Waals surface area contributed by atoms with E-state index >= 15 is 0 Å². The van der Waals surface area contributed by atoms with Crippen LogP contribution >= 0.6 is 0 Å². The fourth-order valence-electron chi connectivity index (χ4n) is 1.78. The van der Waals surface area contributed by atoms with Gasteiger partial charge in [-0.2, -0.15) is 5.10 Å². The highest BCUT2D eigenvalue weighted by Crippen LogP contribution is 2.12. The molecule has 0 fully saturated rings. The van der Waals surface area contributed by atoms with Crippen molar-refractivity contribution in [3.63, 3.8) is 0 Å². The summed E-state index contributed by atoms with van der Waals surface area (Å²) in [6.07, 6.45) is 3.46. The average molecular weight is 259 g/mol. The Hall–Kier alpha value is -2.37. The van der Waals surface area contributed by atoms with Crippen molar-refractivity contribution in [2.24, 2.45) is 0 Å². The molecule has 3 N–H and O–H groups in total. The number of aromatic amines is 1. The van der Waals surface area contributed by atoms with E-state index < -0.39 is 0 Å². The molecule has 0 bridgehead atoms. The number of H-pyrrole nitrogens is 1. The van der Waals surface area contributed by atoms with E-state index in [1.54, 1.807) is 23.4 Å². The minimum Gasteiger partial charge on any atom is -0.382 e. The van der Waals surface area contributed by atoms with Crippen molar-refractivity contribution in [1.82, 2.24) is 20.1 Å². The molecule has 0 saturated heterocycles. The topological polar surface area (TPSA) is 87.9 Å². The summed E-state index contributed by atoms with van der Waals surface area (Å²) < 4.78 is 0. The maximum Gasteiger partial charge on any atom is 0.272 e. The standard InChI is InChI=1S/C13H17N5O/c1-9(2)18(8-10-4-3-5-15-7-10)13(19)11-6-12(14)17-16-11/h3-7,9H,8H2,1-2H3,(H3,14,16,17). The molecule has 0 atom stereocenters. The molecule has 2 heterocycles. The molecule has 6 heteroatoms. The molecule has 0 radical (unpaired) electrons. The third-order valence-electron chi connectivity index (χ3n) is 2.79. The van der Waals surface area contributed by atoms with Crippen LogP contribution in [0.2, 0.25) is 0 Å². The maximum atomic E-state index is 12.4. The van der Waals surface area contributed by atoms with E-state index in [0.717, 1.165) is 5.56 Å². The Morgan fingerprint density at radius 1 is 1.53 bits per heavy atom. The number of nitrogen functional groups attached to an aromatic ring is 1. The molecular weight excluding hydrogens is 242 g/mol. The van der Waals surface area contributed by atoms with Gasteiger partial charge in [-0.25, -0.2) is 0 Å². The van der Waals surface area contributed by atoms with Gasteiger partial charge in [-0.3, -0.25) is 14.9 Å². The zero-order valence-corrected chi connectivity index (χ0v) is 11.0. The van der Waals surface area contributed by atoms with Crippen LogP contribution in [0.15, 0.2) is 30.6 Å². The highest BCUT2D eigenvalue weighted by molar-refractivity contribution is 5.93. The zero-order valence-electron chi connectivity index (χ0n) is 11.0. The Labute approximate surface area is 111 Å². The molecule has 0 aliphatic carbocycles. The van der Waals surface area contributed by atoms with Crippen molar-refractivity contribution in [2.45, 2.75) is 26.4 Å². The summed E-state index contributed by atoms with van der Waals surface area (Å²) in [6.45, 7) is 4.44. The van der Waals surface area contributed by atoms with Crippen LogP contribution in [0, 0.1) is 0 Å². The summed E-state index contributed by atoms with van der Waals surface area (Å²) in [4.78, 5) is 18.2. The maximum absolute atomic E-state index is 12.4. The third-order valence-corrected chi connectivity index (χ3v) is 2.79. The van der Waals surface area contributed by atoms with E-state index in [9.17, 15) is 4.79 Å². The highest BCUT2D eigenvalue weighted by Gasteiger charge is 2.20. The molecule has 2 rings (SSSR count). The second-order valence-electron chi connectivity index (χ2n) is 4.59. The molecule has 100 valence electrons. The number of rotatable bonds is 4. The molecule has 19 heavy (non-hydrogen) atoms. The second-order valence-corrected chi connectivity index (χ2v) is 4.59. The first kappa shape index (κ1) is 13.1. The van der Waals surface area contributed by atoms with Crippen LogP contribution in [0.4, 0.5) is 5.82 Å². The van der Waals surface area contributed by atoms with Crippen LogP contribution < -0.4 is 5.73 Å². The van der Waals surface area contributed by atoms with Crippen LogP contribution in [0.5, 0.6) is 0 Å². The molecule has 6 nitrogen and oxygen atoms in total. The summed E-state index contributed by atoms with van der Waals surface area (Å²) in [5.74, 6) is 0.191. The molecule has 0 saturated carbocycles. The van der Waals surface area contributed by atoms with Crippen LogP contribution in [-0.4, -0.2) is 32.0 Å². The number of hydrogen-bond donors (Lipinski definition) is 2. The van der Waals surface area contributed by atoms with Gasteiger partial charge < -0.3 is 10.6 Å². The molecule has 2 aromatic heterocycles. The number of aromatic nitrogens is 3. The first-order valence-corrected chi connectivity index (χ1v) is 6.08. The van der Waals surface area contributed by atoms with E-state index in [4.69, 9.17) is 5.73 Å². The normalized spacial score (nSPS) is 10.7. The van der Waals surface area contributed by atoms with Gasteiger partial charge in [-0.05, 0) is 25.5 Å². The fraction of sp³-hybridized carbons (Fsp3) is 0.308. The van der Waals surface area contributed by atoms with E-state index in [0.29, 0.717) is 18.1 Å². The van der Waals surface area contributed by atoms with Gasteiger partial charge in [0, 0.05) is 31.0 Å². The number of nitrogens with two attached hydrogens (primary N) is 1. The predicted octanol–water partition coefficient (Wildman–Crippen LogP) is 1.44. The van der Waals surface area contributed by atoms with Crippen molar-refractivity contribution in [3.05, 3.63) is 41.9 Å². The van der Waals surface area contributed by atoms with E-state index in [1.165, 1.54) is 0 Å². The Bertz CT molecular complexity index is 549. The lowest BCUT2D eigenvalue weighted by Gasteiger charge is -2.26. The molecule has 0 spiro atoms. The van der Waals surface area contributed by atoms with Crippen LogP contribution in [0.3, 0.4) is 0 Å². The first-order valence-electron chi connectivity index (χ1n) is 6.08. The van der Waals surface area contributed by atoms with E-state index in [2.05, 4.69) is 15.2 Å². The van der Waals surface area contributed by atoms with Crippen LogP contribution in [-0.2, 0) is 6.54 Å². The van der Waals surface area contributed by atoms with Crippen LogP contribution in [0.1, 0.15) is 29.9 Å². The van der Waals surface area contributed by atoms with Crippen LogP contribution in [0.25, 0.3) is 0 Å². The Morgan fingerprint density at radius 2 is 2.32 bits per heavy atom. The summed E-state index contributed by atoms with van der Waals surface area (Å²) in [5, 5.41) is 6.42. The Morgan fingerprint density at radius 3 is 2.84 bits per heavy atom. The smallest absolute Gasteiger partial charge is 0.272 e. The van der Waals surface area contributed by atoms with Gasteiger partial charge in [-0.1, -0.05) is 6.07 Å². The second kappa shape index (κ2) is 5.51. The summed E-state index contributed by atoms with van der Waals surface area (Å²) >= 11 is 0. The Balaban J connectivity index is 2.19. The lowest BCUT2D eigenvalue weighted by Crippen LogP contribution is -2.36. The number of amides is 1.